The summed E-state index contributed by atoms with van der Waals surface area (Å²) in [6.07, 6.45) is 1.99. The van der Waals surface area contributed by atoms with E-state index in [1.807, 2.05) is 6.08 Å². The number of alkyl halides is 3. The highest BCUT2D eigenvalue weighted by atomic mass is 19.4. The first kappa shape index (κ1) is 12.6. The summed E-state index contributed by atoms with van der Waals surface area (Å²) in [5.41, 5.74) is -1.54. The molecule has 1 aliphatic rings. The third kappa shape index (κ3) is 3.52. The van der Waals surface area contributed by atoms with Gasteiger partial charge < -0.3 is 5.32 Å². The van der Waals surface area contributed by atoms with Crippen molar-refractivity contribution < 1.29 is 13.2 Å². The summed E-state index contributed by atoms with van der Waals surface area (Å²) in [5.74, 6) is 0. The van der Waals surface area contributed by atoms with Crippen LogP contribution in [0, 0.1) is 0 Å². The van der Waals surface area contributed by atoms with E-state index in [9.17, 15) is 13.2 Å². The van der Waals surface area contributed by atoms with Crippen LogP contribution in [0.15, 0.2) is 12.7 Å². The van der Waals surface area contributed by atoms with Gasteiger partial charge in [0.2, 0.25) is 0 Å². The normalized spacial score (nSPS) is 18.9. The van der Waals surface area contributed by atoms with Crippen molar-refractivity contribution in [1.29, 1.82) is 0 Å². The predicted molar refractivity (Wildman–Crippen MR) is 54.7 cm³/mol. The summed E-state index contributed by atoms with van der Waals surface area (Å²) in [5, 5.41) is 2.64. The summed E-state index contributed by atoms with van der Waals surface area (Å²) in [7, 11) is 0. The fourth-order valence-electron chi connectivity index (χ4n) is 1.60. The Labute approximate surface area is 88.7 Å². The third-order valence-corrected chi connectivity index (χ3v) is 2.84. The molecule has 88 valence electrons. The van der Waals surface area contributed by atoms with Crippen molar-refractivity contribution in [3.63, 3.8) is 0 Å². The predicted octanol–water partition coefficient (Wildman–Crippen LogP) is 3.42. The number of allylic oxidation sites excluding steroid dienone is 1. The van der Waals surface area contributed by atoms with Crippen LogP contribution in [-0.2, 0) is 0 Å². The molecule has 1 aliphatic carbocycles. The van der Waals surface area contributed by atoms with E-state index in [1.54, 1.807) is 0 Å². The molecule has 0 radical (unpaired) electrons. The van der Waals surface area contributed by atoms with Gasteiger partial charge in [-0.05, 0) is 38.6 Å². The molecular formula is C11H18F3N. The molecule has 1 N–H and O–H groups in total. The smallest absolute Gasteiger partial charge is 0.304 e. The zero-order valence-electron chi connectivity index (χ0n) is 8.87. The van der Waals surface area contributed by atoms with Crippen molar-refractivity contribution in [3.05, 3.63) is 12.7 Å². The number of halogens is 3. The minimum Gasteiger partial charge on any atom is -0.304 e. The van der Waals surface area contributed by atoms with E-state index >= 15 is 0 Å². The van der Waals surface area contributed by atoms with Crippen molar-refractivity contribution in [2.24, 2.45) is 0 Å². The van der Waals surface area contributed by atoms with Crippen LogP contribution in [0.3, 0.4) is 0 Å². The van der Waals surface area contributed by atoms with Gasteiger partial charge in [-0.3, -0.25) is 0 Å². The lowest BCUT2D eigenvalue weighted by atomic mass is 10.2. The summed E-state index contributed by atoms with van der Waals surface area (Å²) < 4.78 is 37.4. The molecule has 0 bridgehead atoms. The molecule has 4 heteroatoms. The van der Waals surface area contributed by atoms with Crippen LogP contribution < -0.4 is 5.32 Å². The first-order chi connectivity index (χ1) is 7.02. The van der Waals surface area contributed by atoms with E-state index in [0.717, 1.165) is 25.7 Å². The molecule has 0 saturated heterocycles. The van der Waals surface area contributed by atoms with Gasteiger partial charge >= 0.3 is 6.18 Å². The van der Waals surface area contributed by atoms with E-state index in [1.165, 1.54) is 0 Å². The van der Waals surface area contributed by atoms with Gasteiger partial charge in [0, 0.05) is 0 Å². The van der Waals surface area contributed by atoms with Crippen LogP contribution in [0.4, 0.5) is 13.2 Å². The van der Waals surface area contributed by atoms with E-state index < -0.39 is 11.7 Å². The van der Waals surface area contributed by atoms with Gasteiger partial charge in [0.1, 0.15) is 5.54 Å². The second kappa shape index (κ2) is 5.01. The van der Waals surface area contributed by atoms with Crippen molar-refractivity contribution in [2.75, 3.05) is 6.54 Å². The quantitative estimate of drug-likeness (QED) is 0.513. The molecule has 0 aromatic carbocycles. The summed E-state index contributed by atoms with van der Waals surface area (Å²) in [6, 6.07) is 0. The first-order valence-electron chi connectivity index (χ1n) is 5.44. The molecule has 1 rings (SSSR count). The molecule has 1 nitrogen and oxygen atoms in total. The molecule has 1 saturated carbocycles. The molecule has 15 heavy (non-hydrogen) atoms. The Morgan fingerprint density at radius 3 is 2.33 bits per heavy atom. The molecule has 0 spiro atoms. The lowest BCUT2D eigenvalue weighted by Crippen LogP contribution is -2.45. The van der Waals surface area contributed by atoms with E-state index in [0.29, 0.717) is 6.54 Å². The minimum atomic E-state index is -4.08. The molecule has 0 heterocycles. The highest BCUT2D eigenvalue weighted by Crippen LogP contribution is 2.48. The van der Waals surface area contributed by atoms with Gasteiger partial charge in [0.15, 0.2) is 0 Å². The Kier molecular flexibility index (Phi) is 4.20. The first-order valence-corrected chi connectivity index (χ1v) is 5.44. The fourth-order valence-corrected chi connectivity index (χ4v) is 1.60. The topological polar surface area (TPSA) is 12.0 Å². The largest absolute Gasteiger partial charge is 0.406 e. The zero-order chi connectivity index (χ0) is 11.4. The lowest BCUT2D eigenvalue weighted by molar-refractivity contribution is -0.165. The number of hydrogen-bond acceptors (Lipinski definition) is 1. The minimum absolute atomic E-state index is 0.239. The Hall–Kier alpha value is -0.510. The Morgan fingerprint density at radius 2 is 1.87 bits per heavy atom. The van der Waals surface area contributed by atoms with Gasteiger partial charge in [0.25, 0.3) is 0 Å². The van der Waals surface area contributed by atoms with Crippen molar-refractivity contribution in [2.45, 2.75) is 50.2 Å². The van der Waals surface area contributed by atoms with Crippen LogP contribution in [0.25, 0.3) is 0 Å². The van der Waals surface area contributed by atoms with Gasteiger partial charge in [-0.15, -0.1) is 6.58 Å². The molecule has 1 fully saturated rings. The maximum atomic E-state index is 12.5. The lowest BCUT2D eigenvalue weighted by Gasteiger charge is -2.20. The molecule has 0 amide bonds. The molecule has 0 atom stereocenters. The SMILES string of the molecule is C=CCCCCCNC1(C(F)(F)F)CC1. The third-order valence-electron chi connectivity index (χ3n) is 2.84. The van der Waals surface area contributed by atoms with Crippen molar-refractivity contribution in [3.8, 4) is 0 Å². The van der Waals surface area contributed by atoms with Crippen LogP contribution in [0.2, 0.25) is 0 Å². The monoisotopic (exact) mass is 221 g/mol. The fraction of sp³-hybridized carbons (Fsp3) is 0.818. The molecule has 0 unspecified atom stereocenters. The van der Waals surface area contributed by atoms with Crippen molar-refractivity contribution in [1.82, 2.24) is 5.32 Å². The maximum Gasteiger partial charge on any atom is 0.406 e. The Morgan fingerprint density at radius 1 is 1.20 bits per heavy atom. The number of hydrogen-bond donors (Lipinski definition) is 1. The highest BCUT2D eigenvalue weighted by molar-refractivity contribution is 5.07. The Balaban J connectivity index is 2.08. The van der Waals surface area contributed by atoms with Gasteiger partial charge in [0.05, 0.1) is 0 Å². The van der Waals surface area contributed by atoms with E-state index in [-0.39, 0.29) is 12.8 Å². The Bertz CT molecular complexity index is 206. The molecular weight excluding hydrogens is 203 g/mol. The maximum absolute atomic E-state index is 12.5. The van der Waals surface area contributed by atoms with Crippen LogP contribution in [0.5, 0.6) is 0 Å². The summed E-state index contributed by atoms with van der Waals surface area (Å²) >= 11 is 0. The van der Waals surface area contributed by atoms with E-state index in [4.69, 9.17) is 0 Å². The number of unbranched alkanes of at least 4 members (excludes halogenated alkanes) is 3. The summed E-state index contributed by atoms with van der Waals surface area (Å²) in [4.78, 5) is 0. The van der Waals surface area contributed by atoms with E-state index in [2.05, 4.69) is 11.9 Å². The van der Waals surface area contributed by atoms with Gasteiger partial charge in [-0.1, -0.05) is 12.5 Å². The molecule has 0 aliphatic heterocycles. The standard InChI is InChI=1S/C11H18F3N/c1-2-3-4-5-6-9-15-10(7-8-10)11(12,13)14/h2,15H,1,3-9H2. The molecule has 0 aromatic heterocycles. The van der Waals surface area contributed by atoms with Crippen LogP contribution in [-0.4, -0.2) is 18.3 Å². The van der Waals surface area contributed by atoms with Crippen LogP contribution in [0.1, 0.15) is 38.5 Å². The van der Waals surface area contributed by atoms with Crippen molar-refractivity contribution >= 4 is 0 Å². The number of rotatable bonds is 7. The average Bonchev–Trinajstić information content (AvgIpc) is 2.91. The second-order valence-corrected chi connectivity index (χ2v) is 4.14. The number of nitrogens with one attached hydrogen (secondary N) is 1. The zero-order valence-corrected chi connectivity index (χ0v) is 8.87. The molecule has 0 aromatic rings. The van der Waals surface area contributed by atoms with Gasteiger partial charge in [-0.25, -0.2) is 0 Å². The highest BCUT2D eigenvalue weighted by Gasteiger charge is 2.62. The van der Waals surface area contributed by atoms with Crippen LogP contribution >= 0.6 is 0 Å². The summed E-state index contributed by atoms with van der Waals surface area (Å²) in [6.45, 7) is 4.06. The average molecular weight is 221 g/mol. The second-order valence-electron chi connectivity index (χ2n) is 4.14. The van der Waals surface area contributed by atoms with Gasteiger partial charge in [-0.2, -0.15) is 13.2 Å².